The molecular weight excluding hydrogens is 352 g/mol. The lowest BCUT2D eigenvalue weighted by molar-refractivity contribution is 0.0397. The van der Waals surface area contributed by atoms with Crippen LogP contribution in [-0.4, -0.2) is 25.7 Å². The van der Waals surface area contributed by atoms with Crippen LogP contribution in [0.15, 0.2) is 48.5 Å². The number of hydrogen-bond donors (Lipinski definition) is 2. The summed E-state index contributed by atoms with van der Waals surface area (Å²) in [5.74, 6) is -0.222. The van der Waals surface area contributed by atoms with Crippen LogP contribution in [0.1, 0.15) is 35.7 Å². The molecule has 0 aliphatic rings. The predicted molar refractivity (Wildman–Crippen MR) is 108 cm³/mol. The number of halogens is 1. The molecule has 1 amide bonds. The van der Waals surface area contributed by atoms with Gasteiger partial charge in [-0.25, -0.2) is 0 Å². The van der Waals surface area contributed by atoms with Crippen LogP contribution < -0.4 is 11.1 Å². The lowest BCUT2D eigenvalue weighted by atomic mass is 10.1. The molecular formula is C20H27ClN2O3. The van der Waals surface area contributed by atoms with E-state index in [2.05, 4.69) is 12.2 Å². The maximum Gasteiger partial charge on any atom is 0.257 e. The number of unbranched alkanes of at least 4 members (excludes halogenated alkanes) is 1. The molecule has 0 saturated carbocycles. The van der Waals surface area contributed by atoms with Crippen LogP contribution >= 0.6 is 12.4 Å². The normalized spacial score (nSPS) is 10.2. The zero-order valence-electron chi connectivity index (χ0n) is 15.1. The molecule has 2 aromatic carbocycles. The van der Waals surface area contributed by atoms with Gasteiger partial charge in [-0.1, -0.05) is 37.6 Å². The molecule has 0 fully saturated rings. The highest BCUT2D eigenvalue weighted by atomic mass is 35.5. The van der Waals surface area contributed by atoms with E-state index in [1.165, 1.54) is 0 Å². The Morgan fingerprint density at radius 3 is 2.58 bits per heavy atom. The highest BCUT2D eigenvalue weighted by molar-refractivity contribution is 6.07. The number of benzene rings is 2. The van der Waals surface area contributed by atoms with Crippen molar-refractivity contribution in [2.45, 2.75) is 26.4 Å². The first-order chi connectivity index (χ1) is 12.2. The van der Waals surface area contributed by atoms with Crippen LogP contribution in [0.3, 0.4) is 0 Å². The van der Waals surface area contributed by atoms with Crippen LogP contribution in [0, 0.1) is 0 Å². The summed E-state index contributed by atoms with van der Waals surface area (Å²) in [6, 6.07) is 14.6. The van der Waals surface area contributed by atoms with E-state index in [9.17, 15) is 4.79 Å². The van der Waals surface area contributed by atoms with Crippen LogP contribution in [-0.2, 0) is 16.1 Å². The first kappa shape index (κ1) is 22.0. The van der Waals surface area contributed by atoms with Crippen molar-refractivity contribution < 1.29 is 14.3 Å². The average molecular weight is 379 g/mol. The van der Waals surface area contributed by atoms with E-state index >= 15 is 0 Å². The highest BCUT2D eigenvalue weighted by Gasteiger charge is 2.09. The number of carbonyl (C=O) groups is 1. The molecule has 0 aromatic heterocycles. The van der Waals surface area contributed by atoms with Gasteiger partial charge in [-0.3, -0.25) is 4.79 Å². The number of ether oxygens (including phenoxy) is 2. The fourth-order valence-corrected chi connectivity index (χ4v) is 2.30. The number of amides is 1. The highest BCUT2D eigenvalue weighted by Crippen LogP contribution is 2.16. The number of nitrogens with one attached hydrogen (secondary N) is 1. The topological polar surface area (TPSA) is 73.6 Å². The molecule has 0 aliphatic carbocycles. The fraction of sp³-hybridized carbons (Fsp3) is 0.350. The standard InChI is InChI=1S/C20H26N2O3.ClH/c1-2-3-11-24-12-13-25-15-16-7-6-8-17(14-16)22-20(23)18-9-4-5-10-19(18)21;/h4-10,14H,2-3,11-13,15,21H2,1H3,(H,22,23);1H. The van der Waals surface area contributed by atoms with E-state index in [1.54, 1.807) is 24.3 Å². The Balaban J connectivity index is 0.00000338. The second kappa shape index (κ2) is 12.3. The van der Waals surface area contributed by atoms with Crippen LogP contribution in [0.5, 0.6) is 0 Å². The maximum atomic E-state index is 12.3. The third kappa shape index (κ3) is 7.44. The number of nitrogen functional groups attached to an aromatic ring is 1. The predicted octanol–water partition coefficient (Wildman–Crippen LogP) is 4.28. The molecule has 142 valence electrons. The van der Waals surface area contributed by atoms with E-state index in [0.29, 0.717) is 36.8 Å². The molecule has 0 radical (unpaired) electrons. The number of hydrogen-bond acceptors (Lipinski definition) is 4. The van der Waals surface area contributed by atoms with Crippen molar-refractivity contribution in [3.8, 4) is 0 Å². The molecule has 3 N–H and O–H groups in total. The van der Waals surface area contributed by atoms with Crippen LogP contribution in [0.25, 0.3) is 0 Å². The zero-order valence-corrected chi connectivity index (χ0v) is 15.9. The van der Waals surface area contributed by atoms with Crippen LogP contribution in [0.2, 0.25) is 0 Å². The minimum atomic E-state index is -0.222. The SMILES string of the molecule is CCCCOCCOCc1cccc(NC(=O)c2ccccc2N)c1.Cl. The van der Waals surface area contributed by atoms with Crippen molar-refractivity contribution >= 4 is 29.7 Å². The number of rotatable bonds is 10. The van der Waals surface area contributed by atoms with Gasteiger partial charge in [0.25, 0.3) is 5.91 Å². The second-order valence-electron chi connectivity index (χ2n) is 5.76. The second-order valence-corrected chi connectivity index (χ2v) is 5.76. The van der Waals surface area contributed by atoms with Gasteiger partial charge >= 0.3 is 0 Å². The van der Waals surface area contributed by atoms with Gasteiger partial charge in [0.15, 0.2) is 0 Å². The smallest absolute Gasteiger partial charge is 0.257 e. The van der Waals surface area contributed by atoms with Gasteiger partial charge in [-0.05, 0) is 36.2 Å². The summed E-state index contributed by atoms with van der Waals surface area (Å²) in [6.45, 7) is 4.56. The Bertz CT molecular complexity index is 680. The summed E-state index contributed by atoms with van der Waals surface area (Å²) < 4.78 is 11.1. The Morgan fingerprint density at radius 2 is 1.81 bits per heavy atom. The summed E-state index contributed by atoms with van der Waals surface area (Å²) >= 11 is 0. The zero-order chi connectivity index (χ0) is 17.9. The maximum absolute atomic E-state index is 12.3. The number of para-hydroxylation sites is 1. The van der Waals surface area contributed by atoms with Crippen LogP contribution in [0.4, 0.5) is 11.4 Å². The Morgan fingerprint density at radius 1 is 1.04 bits per heavy atom. The third-order valence-electron chi connectivity index (χ3n) is 3.67. The lowest BCUT2D eigenvalue weighted by Crippen LogP contribution is -2.14. The minimum Gasteiger partial charge on any atom is -0.398 e. The summed E-state index contributed by atoms with van der Waals surface area (Å²) in [4.78, 5) is 12.3. The van der Waals surface area contributed by atoms with Crippen molar-refractivity contribution in [3.63, 3.8) is 0 Å². The molecule has 0 saturated heterocycles. The summed E-state index contributed by atoms with van der Waals surface area (Å²) in [5, 5.41) is 2.87. The summed E-state index contributed by atoms with van der Waals surface area (Å²) in [7, 11) is 0. The van der Waals surface area contributed by atoms with Gasteiger partial charge in [0.1, 0.15) is 0 Å². The van der Waals surface area contributed by atoms with Gasteiger partial charge in [0.2, 0.25) is 0 Å². The number of carbonyl (C=O) groups excluding carboxylic acids is 1. The Labute approximate surface area is 161 Å². The van der Waals surface area contributed by atoms with E-state index < -0.39 is 0 Å². The van der Waals surface area contributed by atoms with Gasteiger partial charge < -0.3 is 20.5 Å². The van der Waals surface area contributed by atoms with Crippen molar-refractivity contribution in [2.24, 2.45) is 0 Å². The van der Waals surface area contributed by atoms with E-state index in [0.717, 1.165) is 25.0 Å². The molecule has 0 spiro atoms. The number of nitrogens with two attached hydrogens (primary N) is 1. The molecule has 5 nitrogen and oxygen atoms in total. The van der Waals surface area contributed by atoms with Gasteiger partial charge in [-0.15, -0.1) is 12.4 Å². The molecule has 0 heterocycles. The Kier molecular flexibility index (Phi) is 10.4. The largest absolute Gasteiger partial charge is 0.398 e. The first-order valence-corrected chi connectivity index (χ1v) is 8.61. The van der Waals surface area contributed by atoms with Gasteiger partial charge in [0.05, 0.1) is 25.4 Å². The average Bonchev–Trinajstić information content (AvgIpc) is 2.61. The Hall–Kier alpha value is -2.08. The van der Waals surface area contributed by atoms with E-state index in [1.807, 2.05) is 24.3 Å². The van der Waals surface area contributed by atoms with Gasteiger partial charge in [-0.2, -0.15) is 0 Å². The van der Waals surface area contributed by atoms with Crippen molar-refractivity contribution in [1.29, 1.82) is 0 Å². The molecule has 2 rings (SSSR count). The molecule has 0 bridgehead atoms. The molecule has 2 aromatic rings. The quantitative estimate of drug-likeness (QED) is 0.478. The monoisotopic (exact) mass is 378 g/mol. The summed E-state index contributed by atoms with van der Waals surface area (Å²) in [5.41, 5.74) is 8.47. The summed E-state index contributed by atoms with van der Waals surface area (Å²) in [6.07, 6.45) is 2.21. The fourth-order valence-electron chi connectivity index (χ4n) is 2.30. The molecule has 6 heteroatoms. The number of anilines is 2. The molecule has 0 aliphatic heterocycles. The lowest BCUT2D eigenvalue weighted by Gasteiger charge is -2.10. The van der Waals surface area contributed by atoms with Crippen molar-refractivity contribution in [1.82, 2.24) is 0 Å². The van der Waals surface area contributed by atoms with Crippen molar-refractivity contribution in [3.05, 3.63) is 59.7 Å². The molecule has 26 heavy (non-hydrogen) atoms. The molecule has 0 atom stereocenters. The first-order valence-electron chi connectivity index (χ1n) is 8.61. The van der Waals surface area contributed by atoms with Gasteiger partial charge in [0, 0.05) is 18.0 Å². The minimum absolute atomic E-state index is 0. The third-order valence-corrected chi connectivity index (χ3v) is 3.67. The van der Waals surface area contributed by atoms with E-state index in [4.69, 9.17) is 15.2 Å². The molecule has 0 unspecified atom stereocenters. The van der Waals surface area contributed by atoms with E-state index in [-0.39, 0.29) is 18.3 Å². The van der Waals surface area contributed by atoms with Crippen molar-refractivity contribution in [2.75, 3.05) is 30.9 Å².